The highest BCUT2D eigenvalue weighted by Gasteiger charge is 2.11. The summed E-state index contributed by atoms with van der Waals surface area (Å²) in [5.74, 6) is 0.121. The van der Waals surface area contributed by atoms with Gasteiger partial charge in [0.25, 0.3) is 5.91 Å². The molecule has 1 N–H and O–H groups in total. The number of nitrogens with one attached hydrogen (secondary N) is 1. The summed E-state index contributed by atoms with van der Waals surface area (Å²) in [5.41, 5.74) is 6.17. The van der Waals surface area contributed by atoms with E-state index in [-0.39, 0.29) is 5.91 Å². The maximum atomic E-state index is 12.3. The third kappa shape index (κ3) is 5.32. The maximum absolute atomic E-state index is 12.3. The molecule has 0 heterocycles. The van der Waals surface area contributed by atoms with Gasteiger partial charge in [-0.25, -0.2) is 10.2 Å². The number of methoxy groups -OCH3 is 1. The number of amides is 1. The first-order valence-electron chi connectivity index (χ1n) is 9.33. The van der Waals surface area contributed by atoms with Gasteiger partial charge in [0.05, 0.1) is 24.5 Å². The van der Waals surface area contributed by atoms with Crippen LogP contribution < -0.4 is 14.9 Å². The summed E-state index contributed by atoms with van der Waals surface area (Å²) in [5, 5.41) is 3.97. The first-order valence-corrected chi connectivity index (χ1v) is 9.33. The van der Waals surface area contributed by atoms with Crippen molar-refractivity contribution in [1.82, 2.24) is 5.43 Å². The summed E-state index contributed by atoms with van der Waals surface area (Å²) in [4.78, 5) is 24.5. The van der Waals surface area contributed by atoms with Crippen LogP contribution in [0.25, 0.3) is 0 Å². The van der Waals surface area contributed by atoms with Crippen LogP contribution in [0.1, 0.15) is 37.4 Å². The molecule has 0 atom stereocenters. The maximum Gasteiger partial charge on any atom is 0.343 e. The topological polar surface area (TPSA) is 77.0 Å². The molecule has 0 aliphatic heterocycles. The van der Waals surface area contributed by atoms with Crippen molar-refractivity contribution in [2.45, 2.75) is 13.8 Å². The fourth-order valence-corrected chi connectivity index (χ4v) is 2.69. The van der Waals surface area contributed by atoms with E-state index in [4.69, 9.17) is 9.47 Å². The van der Waals surface area contributed by atoms with Crippen LogP contribution in [0.3, 0.4) is 0 Å². The van der Waals surface area contributed by atoms with Gasteiger partial charge in [0.15, 0.2) is 0 Å². The first kappa shape index (κ1) is 20.8. The van der Waals surface area contributed by atoms with E-state index < -0.39 is 5.97 Å². The molecule has 0 spiro atoms. The molecule has 0 fully saturated rings. The lowest BCUT2D eigenvalue weighted by atomic mass is 10.1. The van der Waals surface area contributed by atoms with Gasteiger partial charge in [-0.05, 0) is 73.5 Å². The summed E-state index contributed by atoms with van der Waals surface area (Å²) >= 11 is 0. The van der Waals surface area contributed by atoms with Crippen LogP contribution in [0.2, 0.25) is 0 Å². The lowest BCUT2D eigenvalue weighted by Crippen LogP contribution is -2.18. The van der Waals surface area contributed by atoms with Gasteiger partial charge in [0.2, 0.25) is 0 Å². The van der Waals surface area contributed by atoms with Crippen molar-refractivity contribution in [2.24, 2.45) is 5.10 Å². The second kappa shape index (κ2) is 9.52. The fourth-order valence-electron chi connectivity index (χ4n) is 2.69. The molecule has 0 radical (unpaired) electrons. The van der Waals surface area contributed by atoms with Gasteiger partial charge in [-0.3, -0.25) is 4.79 Å². The zero-order valence-corrected chi connectivity index (χ0v) is 17.0. The Balaban J connectivity index is 1.59. The Kier molecular flexibility index (Phi) is 6.60. The molecule has 1 amide bonds. The molecule has 3 aromatic carbocycles. The number of aryl methyl sites for hydroxylation is 2. The third-order valence-electron chi connectivity index (χ3n) is 4.36. The van der Waals surface area contributed by atoms with Gasteiger partial charge < -0.3 is 9.47 Å². The Morgan fingerprint density at radius 1 is 0.900 bits per heavy atom. The SMILES string of the molecule is COc1cc(C)ccc1C(=O)N/N=C\c1ccc(OC(=O)c2ccc(C)cc2)cc1. The predicted octanol–water partition coefficient (Wildman–Crippen LogP) is 4.30. The summed E-state index contributed by atoms with van der Waals surface area (Å²) < 4.78 is 10.6. The molecule has 0 unspecified atom stereocenters. The van der Waals surface area contributed by atoms with Crippen LogP contribution in [0.15, 0.2) is 71.8 Å². The van der Waals surface area contributed by atoms with Crippen LogP contribution >= 0.6 is 0 Å². The predicted molar refractivity (Wildman–Crippen MR) is 115 cm³/mol. The molecule has 3 aromatic rings. The molecule has 6 heteroatoms. The summed E-state index contributed by atoms with van der Waals surface area (Å²) in [7, 11) is 1.52. The Morgan fingerprint density at radius 3 is 2.23 bits per heavy atom. The normalized spacial score (nSPS) is 10.6. The zero-order chi connectivity index (χ0) is 21.5. The number of carbonyl (C=O) groups excluding carboxylic acids is 2. The summed E-state index contributed by atoms with van der Waals surface area (Å²) in [6.07, 6.45) is 1.50. The quantitative estimate of drug-likeness (QED) is 0.289. The molecule has 152 valence electrons. The lowest BCUT2D eigenvalue weighted by molar-refractivity contribution is 0.0734. The number of carbonyl (C=O) groups is 2. The van der Waals surface area contributed by atoms with E-state index in [2.05, 4.69) is 10.5 Å². The van der Waals surface area contributed by atoms with Crippen molar-refractivity contribution in [3.8, 4) is 11.5 Å². The number of hydrogen-bond acceptors (Lipinski definition) is 5. The second-order valence-corrected chi connectivity index (χ2v) is 6.73. The van der Waals surface area contributed by atoms with E-state index >= 15 is 0 Å². The second-order valence-electron chi connectivity index (χ2n) is 6.73. The Labute approximate surface area is 175 Å². The standard InChI is InChI=1S/C24H22N2O4/c1-16-4-9-19(10-5-16)24(28)30-20-11-7-18(8-12-20)15-25-26-23(27)21-13-6-17(2)14-22(21)29-3/h4-15H,1-3H3,(H,26,27)/b25-15-. The van der Waals surface area contributed by atoms with Gasteiger partial charge in [-0.1, -0.05) is 23.8 Å². The van der Waals surface area contributed by atoms with E-state index in [1.165, 1.54) is 13.3 Å². The van der Waals surface area contributed by atoms with Gasteiger partial charge in [-0.2, -0.15) is 5.10 Å². The number of benzene rings is 3. The van der Waals surface area contributed by atoms with Crippen LogP contribution in [-0.2, 0) is 0 Å². The van der Waals surface area contributed by atoms with Crippen molar-refractivity contribution < 1.29 is 19.1 Å². The average molecular weight is 402 g/mol. The monoisotopic (exact) mass is 402 g/mol. The van der Waals surface area contributed by atoms with Crippen molar-refractivity contribution in [2.75, 3.05) is 7.11 Å². The number of ether oxygens (including phenoxy) is 2. The van der Waals surface area contributed by atoms with E-state index in [9.17, 15) is 9.59 Å². The molecule has 0 saturated heterocycles. The number of esters is 1. The molecule has 30 heavy (non-hydrogen) atoms. The van der Waals surface area contributed by atoms with Crippen LogP contribution in [0, 0.1) is 13.8 Å². The van der Waals surface area contributed by atoms with Crippen molar-refractivity contribution >= 4 is 18.1 Å². The Morgan fingerprint density at radius 2 is 1.57 bits per heavy atom. The average Bonchev–Trinajstić information content (AvgIpc) is 2.75. The molecule has 0 saturated carbocycles. The number of hydrazone groups is 1. The zero-order valence-electron chi connectivity index (χ0n) is 17.0. The van der Waals surface area contributed by atoms with Crippen LogP contribution in [-0.4, -0.2) is 25.2 Å². The van der Waals surface area contributed by atoms with Gasteiger partial charge in [-0.15, -0.1) is 0 Å². The fraction of sp³-hybridized carbons (Fsp3) is 0.125. The first-order chi connectivity index (χ1) is 14.5. The van der Waals surface area contributed by atoms with Crippen LogP contribution in [0.5, 0.6) is 11.5 Å². The molecule has 0 aliphatic rings. The van der Waals surface area contributed by atoms with E-state index in [0.717, 1.165) is 16.7 Å². The molecular formula is C24H22N2O4. The van der Waals surface area contributed by atoms with Crippen LogP contribution in [0.4, 0.5) is 0 Å². The largest absolute Gasteiger partial charge is 0.496 e. The van der Waals surface area contributed by atoms with Gasteiger partial charge in [0.1, 0.15) is 11.5 Å². The van der Waals surface area contributed by atoms with E-state index in [1.54, 1.807) is 48.5 Å². The molecule has 6 nitrogen and oxygen atoms in total. The number of nitrogens with zero attached hydrogens (tertiary/aromatic N) is 1. The third-order valence-corrected chi connectivity index (χ3v) is 4.36. The van der Waals surface area contributed by atoms with E-state index in [1.807, 2.05) is 32.0 Å². The Bertz CT molecular complexity index is 1070. The summed E-state index contributed by atoms with van der Waals surface area (Å²) in [6, 6.07) is 19.3. The Hall–Kier alpha value is -3.93. The smallest absolute Gasteiger partial charge is 0.343 e. The highest BCUT2D eigenvalue weighted by Crippen LogP contribution is 2.19. The molecule has 3 rings (SSSR count). The van der Waals surface area contributed by atoms with Crippen molar-refractivity contribution in [1.29, 1.82) is 0 Å². The van der Waals surface area contributed by atoms with Gasteiger partial charge >= 0.3 is 5.97 Å². The van der Waals surface area contributed by atoms with E-state index in [0.29, 0.717) is 22.6 Å². The number of hydrogen-bond donors (Lipinski definition) is 1. The minimum Gasteiger partial charge on any atom is -0.496 e. The molecular weight excluding hydrogens is 380 g/mol. The van der Waals surface area contributed by atoms with Gasteiger partial charge in [0, 0.05) is 0 Å². The molecule has 0 aromatic heterocycles. The number of rotatable bonds is 6. The molecule has 0 aliphatic carbocycles. The highest BCUT2D eigenvalue weighted by molar-refractivity contribution is 5.97. The van der Waals surface area contributed by atoms with Crippen molar-refractivity contribution in [3.05, 3.63) is 94.5 Å². The highest BCUT2D eigenvalue weighted by atomic mass is 16.5. The summed E-state index contributed by atoms with van der Waals surface area (Å²) in [6.45, 7) is 3.87. The van der Waals surface area contributed by atoms with Crippen molar-refractivity contribution in [3.63, 3.8) is 0 Å². The molecule has 0 bridgehead atoms. The lowest BCUT2D eigenvalue weighted by Gasteiger charge is -2.07. The minimum atomic E-state index is -0.421. The minimum absolute atomic E-state index is 0.369.